The Morgan fingerprint density at radius 2 is 1.34 bits per heavy atom. The number of aliphatic hydroxyl groups is 1. The third-order valence-corrected chi connectivity index (χ3v) is 5.90. The van der Waals surface area contributed by atoms with Crippen LogP contribution in [0.25, 0.3) is 28.3 Å². The van der Waals surface area contributed by atoms with E-state index in [9.17, 15) is 9.90 Å². The first kappa shape index (κ1) is 20.6. The molecule has 2 fully saturated rings. The maximum atomic E-state index is 12.2. The van der Waals surface area contributed by atoms with Gasteiger partial charge < -0.3 is 19.3 Å². The fourth-order valence-corrected chi connectivity index (χ4v) is 4.17. The molecule has 5 nitrogen and oxygen atoms in total. The Hall–Kier alpha value is -3.25. The highest BCUT2D eigenvalue weighted by Gasteiger charge is 2.48. The van der Waals surface area contributed by atoms with Crippen molar-refractivity contribution in [1.29, 1.82) is 0 Å². The van der Waals surface area contributed by atoms with Gasteiger partial charge >= 0.3 is 5.97 Å². The van der Waals surface area contributed by atoms with Crippen molar-refractivity contribution in [2.45, 2.75) is 24.4 Å². The minimum Gasteiger partial charge on any atom is -0.454 e. The van der Waals surface area contributed by atoms with E-state index in [1.807, 2.05) is 42.5 Å². The summed E-state index contributed by atoms with van der Waals surface area (Å²) in [6, 6.07) is 26.8. The fraction of sp³-hybridized carbons (Fsp3) is 0.222. The number of fused-ring (bicyclic) bond motifs is 1. The van der Waals surface area contributed by atoms with E-state index in [1.165, 1.54) is 17.2 Å². The molecule has 0 bridgehead atoms. The Morgan fingerprint density at radius 3 is 2.00 bits per heavy atom. The summed E-state index contributed by atoms with van der Waals surface area (Å²) in [7, 11) is 0. The van der Waals surface area contributed by atoms with Gasteiger partial charge in [-0.1, -0.05) is 78.9 Å². The van der Waals surface area contributed by atoms with Crippen LogP contribution < -0.4 is 0 Å². The molecule has 0 aliphatic carbocycles. The number of aliphatic hydroxyl groups excluding tert-OH is 1. The van der Waals surface area contributed by atoms with E-state index in [4.69, 9.17) is 14.2 Å². The third kappa shape index (κ3) is 4.36. The Morgan fingerprint density at radius 1 is 0.781 bits per heavy atom. The quantitative estimate of drug-likeness (QED) is 0.490. The maximum absolute atomic E-state index is 12.2. The molecule has 2 aliphatic heterocycles. The van der Waals surface area contributed by atoms with Gasteiger partial charge in [0, 0.05) is 6.08 Å². The lowest BCUT2D eigenvalue weighted by molar-refractivity contribution is -0.147. The number of benzene rings is 3. The van der Waals surface area contributed by atoms with Crippen LogP contribution in [0.1, 0.15) is 5.56 Å². The summed E-state index contributed by atoms with van der Waals surface area (Å²) < 4.78 is 16.4. The predicted octanol–water partition coefficient (Wildman–Crippen LogP) is 4.10. The van der Waals surface area contributed by atoms with E-state index < -0.39 is 30.4 Å². The lowest BCUT2D eigenvalue weighted by Gasteiger charge is -2.15. The van der Waals surface area contributed by atoms with Crippen molar-refractivity contribution in [1.82, 2.24) is 0 Å². The van der Waals surface area contributed by atoms with E-state index in [2.05, 4.69) is 36.4 Å². The predicted molar refractivity (Wildman–Crippen MR) is 122 cm³/mol. The van der Waals surface area contributed by atoms with Gasteiger partial charge in [-0.2, -0.15) is 0 Å². The highest BCUT2D eigenvalue weighted by atomic mass is 16.6. The van der Waals surface area contributed by atoms with E-state index in [0.717, 1.165) is 16.7 Å². The zero-order valence-corrected chi connectivity index (χ0v) is 17.5. The number of rotatable bonds is 5. The Bertz CT molecular complexity index is 1090. The molecule has 32 heavy (non-hydrogen) atoms. The number of carbonyl (C=O) groups excluding carboxylic acids is 1. The zero-order valence-electron chi connectivity index (χ0n) is 17.5. The molecule has 2 saturated heterocycles. The van der Waals surface area contributed by atoms with Gasteiger partial charge in [-0.15, -0.1) is 0 Å². The standard InChI is InChI=1S/C27H24O5/c28-23-16-30-27-24(17-31-26(23)27)32-25(29)15-8-18-6-9-20(10-7-18)22-13-11-21(12-14-22)19-4-2-1-3-5-19/h1-15,23-24,26-28H,16-17H2/b15-8+/t23-,24+,26+,27+/m0/s1. The molecule has 5 heteroatoms. The topological polar surface area (TPSA) is 65.0 Å². The number of ether oxygens (including phenoxy) is 3. The Kier molecular flexibility index (Phi) is 5.86. The smallest absolute Gasteiger partial charge is 0.331 e. The second-order valence-electron chi connectivity index (χ2n) is 8.04. The van der Waals surface area contributed by atoms with E-state index in [0.29, 0.717) is 0 Å². The van der Waals surface area contributed by atoms with Crippen molar-refractivity contribution in [3.05, 3.63) is 90.5 Å². The van der Waals surface area contributed by atoms with Crippen LogP contribution >= 0.6 is 0 Å². The molecule has 0 radical (unpaired) electrons. The summed E-state index contributed by atoms with van der Waals surface area (Å²) in [5, 5.41) is 9.77. The summed E-state index contributed by atoms with van der Waals surface area (Å²) in [6.45, 7) is 0.449. The maximum Gasteiger partial charge on any atom is 0.331 e. The van der Waals surface area contributed by atoms with Crippen molar-refractivity contribution < 1.29 is 24.1 Å². The number of carbonyl (C=O) groups is 1. The van der Waals surface area contributed by atoms with Crippen molar-refractivity contribution in [2.24, 2.45) is 0 Å². The van der Waals surface area contributed by atoms with Crippen LogP contribution in [0.2, 0.25) is 0 Å². The van der Waals surface area contributed by atoms with Gasteiger partial charge in [0.15, 0.2) is 6.10 Å². The summed E-state index contributed by atoms with van der Waals surface area (Å²) in [6.07, 6.45) is 1.17. The molecule has 162 valence electrons. The van der Waals surface area contributed by atoms with Crippen molar-refractivity contribution in [3.63, 3.8) is 0 Å². The normalized spacial score (nSPS) is 24.5. The first-order chi connectivity index (χ1) is 15.7. The second-order valence-corrected chi connectivity index (χ2v) is 8.04. The number of hydrogen-bond donors (Lipinski definition) is 1. The van der Waals surface area contributed by atoms with Gasteiger partial charge in [0.1, 0.15) is 18.3 Å². The minimum atomic E-state index is -0.660. The molecule has 0 saturated carbocycles. The van der Waals surface area contributed by atoms with Gasteiger partial charge in [0.25, 0.3) is 0 Å². The molecule has 4 atom stereocenters. The summed E-state index contributed by atoms with van der Waals surface area (Å²) in [4.78, 5) is 12.2. The molecule has 0 unspecified atom stereocenters. The first-order valence-corrected chi connectivity index (χ1v) is 10.7. The van der Waals surface area contributed by atoms with Crippen molar-refractivity contribution in [2.75, 3.05) is 13.2 Å². The molecule has 1 N–H and O–H groups in total. The molecule has 2 heterocycles. The van der Waals surface area contributed by atoms with Crippen LogP contribution in [0, 0.1) is 0 Å². The highest BCUT2D eigenvalue weighted by molar-refractivity contribution is 5.87. The van der Waals surface area contributed by atoms with Gasteiger partial charge in [-0.3, -0.25) is 0 Å². The number of esters is 1. The molecular formula is C27H24O5. The first-order valence-electron chi connectivity index (χ1n) is 10.7. The monoisotopic (exact) mass is 428 g/mol. The molecule has 5 rings (SSSR count). The van der Waals surface area contributed by atoms with Crippen LogP contribution in [0.3, 0.4) is 0 Å². The second kappa shape index (κ2) is 9.09. The zero-order chi connectivity index (χ0) is 21.9. The van der Waals surface area contributed by atoms with Crippen LogP contribution in [-0.4, -0.2) is 48.7 Å². The third-order valence-electron chi connectivity index (χ3n) is 5.90. The van der Waals surface area contributed by atoms with Crippen LogP contribution in [-0.2, 0) is 19.0 Å². The van der Waals surface area contributed by atoms with Crippen molar-refractivity contribution in [3.8, 4) is 22.3 Å². The van der Waals surface area contributed by atoms with Gasteiger partial charge in [0.05, 0.1) is 13.2 Å². The molecule has 3 aromatic carbocycles. The SMILES string of the molecule is O=C(/C=C/c1ccc(-c2ccc(-c3ccccc3)cc2)cc1)O[C@@H]1CO[C@H]2[C@@H]1OC[C@@H]2O. The average Bonchev–Trinajstić information content (AvgIpc) is 3.42. The lowest BCUT2D eigenvalue weighted by atomic mass is 9.99. The largest absolute Gasteiger partial charge is 0.454 e. The Labute approximate surface area is 186 Å². The van der Waals surface area contributed by atoms with Gasteiger partial charge in [0.2, 0.25) is 0 Å². The van der Waals surface area contributed by atoms with E-state index in [-0.39, 0.29) is 13.2 Å². The molecule has 0 amide bonds. The highest BCUT2D eigenvalue weighted by Crippen LogP contribution is 2.29. The summed E-state index contributed by atoms with van der Waals surface area (Å²) in [5.74, 6) is -0.454. The molecule has 0 spiro atoms. The molecular weight excluding hydrogens is 404 g/mol. The molecule has 0 aromatic heterocycles. The molecule has 3 aromatic rings. The van der Waals surface area contributed by atoms with E-state index in [1.54, 1.807) is 6.08 Å². The van der Waals surface area contributed by atoms with Crippen LogP contribution in [0.4, 0.5) is 0 Å². The van der Waals surface area contributed by atoms with Crippen LogP contribution in [0.5, 0.6) is 0 Å². The minimum absolute atomic E-state index is 0.209. The van der Waals surface area contributed by atoms with E-state index >= 15 is 0 Å². The lowest BCUT2D eigenvalue weighted by Crippen LogP contribution is -2.33. The average molecular weight is 428 g/mol. The van der Waals surface area contributed by atoms with Gasteiger partial charge in [-0.25, -0.2) is 4.79 Å². The van der Waals surface area contributed by atoms with Gasteiger partial charge in [-0.05, 0) is 33.9 Å². The fourth-order valence-electron chi connectivity index (χ4n) is 4.17. The van der Waals surface area contributed by atoms with Crippen LogP contribution in [0.15, 0.2) is 84.9 Å². The Balaban J connectivity index is 1.19. The summed E-state index contributed by atoms with van der Waals surface area (Å²) in [5.41, 5.74) is 5.52. The van der Waals surface area contributed by atoms with Crippen molar-refractivity contribution >= 4 is 12.0 Å². The number of hydrogen-bond acceptors (Lipinski definition) is 5. The summed E-state index contributed by atoms with van der Waals surface area (Å²) >= 11 is 0. The molecule has 2 aliphatic rings.